The van der Waals surface area contributed by atoms with Crippen LogP contribution in [0.15, 0.2) is 35.6 Å². The van der Waals surface area contributed by atoms with Gasteiger partial charge in [-0.1, -0.05) is 0 Å². The first-order chi connectivity index (χ1) is 13.9. The number of fused-ring (bicyclic) bond motifs is 1. The highest BCUT2D eigenvalue weighted by Crippen LogP contribution is 2.40. The molecule has 2 amide bonds. The minimum Gasteiger partial charge on any atom is -0.511 e. The highest BCUT2D eigenvalue weighted by atomic mass is 16.3. The third kappa shape index (κ3) is 3.71. The number of nitrogens with one attached hydrogen (secondary N) is 2. The molecule has 1 aromatic rings. The highest BCUT2D eigenvalue weighted by Gasteiger charge is 2.49. The standard InChI is InChI=1S/C22H30N4O3/c1-22-14-25(2)13-10-17(22)24-21(29)18(19(22)27)20(28)23-15-6-8-16(9-7-15)26-11-4-3-5-12-26/h6-9,17,27H,3-5,10-14H2,1-2H3,(H,23,28)(H,24,29)/t17-,22-/m1/s1. The van der Waals surface area contributed by atoms with Crippen molar-refractivity contribution >= 4 is 23.2 Å². The Bertz CT molecular complexity index is 829. The molecule has 2 fully saturated rings. The van der Waals surface area contributed by atoms with Crippen molar-refractivity contribution in [1.82, 2.24) is 10.2 Å². The van der Waals surface area contributed by atoms with Crippen LogP contribution in [-0.4, -0.2) is 61.1 Å². The molecule has 7 heteroatoms. The zero-order valence-corrected chi connectivity index (χ0v) is 17.2. The van der Waals surface area contributed by atoms with Gasteiger partial charge in [-0.2, -0.15) is 0 Å². The van der Waals surface area contributed by atoms with Crippen LogP contribution in [0.5, 0.6) is 0 Å². The second-order valence-corrected chi connectivity index (χ2v) is 8.74. The number of amides is 2. The lowest BCUT2D eigenvalue weighted by Gasteiger charge is -2.47. The largest absolute Gasteiger partial charge is 0.511 e. The van der Waals surface area contributed by atoms with Gasteiger partial charge in [0.25, 0.3) is 11.8 Å². The van der Waals surface area contributed by atoms with Crippen LogP contribution in [0.4, 0.5) is 11.4 Å². The third-order valence-electron chi connectivity index (χ3n) is 6.55. The van der Waals surface area contributed by atoms with Gasteiger partial charge < -0.3 is 25.5 Å². The molecule has 3 aliphatic heterocycles. The van der Waals surface area contributed by atoms with E-state index in [-0.39, 0.29) is 17.4 Å². The van der Waals surface area contributed by atoms with Crippen LogP contribution in [0.3, 0.4) is 0 Å². The number of aliphatic hydroxyl groups is 1. The van der Waals surface area contributed by atoms with Gasteiger partial charge in [0.05, 0.1) is 5.41 Å². The summed E-state index contributed by atoms with van der Waals surface area (Å²) in [5.74, 6) is -1.18. The average Bonchev–Trinajstić information content (AvgIpc) is 2.71. The number of likely N-dealkylation sites (tertiary alicyclic amines) is 1. The summed E-state index contributed by atoms with van der Waals surface area (Å²) in [5, 5.41) is 16.6. The number of benzene rings is 1. The Morgan fingerprint density at radius 3 is 2.55 bits per heavy atom. The van der Waals surface area contributed by atoms with Gasteiger partial charge in [-0.05, 0) is 70.5 Å². The van der Waals surface area contributed by atoms with Gasteiger partial charge >= 0.3 is 0 Å². The zero-order chi connectivity index (χ0) is 20.6. The Labute approximate surface area is 171 Å². The van der Waals surface area contributed by atoms with Crippen molar-refractivity contribution in [3.05, 3.63) is 35.6 Å². The number of anilines is 2. The predicted molar refractivity (Wildman–Crippen MR) is 113 cm³/mol. The van der Waals surface area contributed by atoms with Crippen LogP contribution in [0.2, 0.25) is 0 Å². The van der Waals surface area contributed by atoms with Crippen molar-refractivity contribution in [2.75, 3.05) is 43.4 Å². The molecule has 3 aliphatic rings. The quantitative estimate of drug-likeness (QED) is 0.680. The first kappa shape index (κ1) is 19.8. The molecule has 0 bridgehead atoms. The van der Waals surface area contributed by atoms with E-state index in [0.29, 0.717) is 12.2 Å². The summed E-state index contributed by atoms with van der Waals surface area (Å²) in [7, 11) is 1.98. The lowest BCUT2D eigenvalue weighted by Crippen LogP contribution is -2.61. The molecule has 156 valence electrons. The van der Waals surface area contributed by atoms with E-state index in [2.05, 4.69) is 20.4 Å². The number of carbonyl (C=O) groups is 2. The molecule has 29 heavy (non-hydrogen) atoms. The van der Waals surface area contributed by atoms with Crippen molar-refractivity contribution in [3.63, 3.8) is 0 Å². The summed E-state index contributed by atoms with van der Waals surface area (Å²) in [5.41, 5.74) is 0.905. The van der Waals surface area contributed by atoms with Crippen molar-refractivity contribution in [1.29, 1.82) is 0 Å². The van der Waals surface area contributed by atoms with Crippen LogP contribution in [0, 0.1) is 5.41 Å². The van der Waals surface area contributed by atoms with Gasteiger partial charge in [0, 0.05) is 37.1 Å². The molecule has 3 N–H and O–H groups in total. The topological polar surface area (TPSA) is 84.9 Å². The Balaban J connectivity index is 1.52. The second kappa shape index (κ2) is 7.71. The van der Waals surface area contributed by atoms with E-state index in [4.69, 9.17) is 0 Å². The van der Waals surface area contributed by atoms with Gasteiger partial charge in [-0.25, -0.2) is 0 Å². The van der Waals surface area contributed by atoms with Crippen LogP contribution in [0.25, 0.3) is 0 Å². The van der Waals surface area contributed by atoms with E-state index in [9.17, 15) is 14.7 Å². The summed E-state index contributed by atoms with van der Waals surface area (Å²) < 4.78 is 0. The number of carbonyl (C=O) groups excluding carboxylic acids is 2. The molecule has 2 atom stereocenters. The van der Waals surface area contributed by atoms with Gasteiger partial charge in [0.2, 0.25) is 0 Å². The SMILES string of the molecule is CN1CC[C@H]2NC(=O)C(C(=O)Nc3ccc(N4CCCCC4)cc3)=C(O)[C@]2(C)C1. The summed E-state index contributed by atoms with van der Waals surface area (Å²) >= 11 is 0. The van der Waals surface area contributed by atoms with E-state index in [1.807, 2.05) is 38.2 Å². The van der Waals surface area contributed by atoms with Crippen molar-refractivity contribution < 1.29 is 14.7 Å². The van der Waals surface area contributed by atoms with E-state index in [1.54, 1.807) is 0 Å². The smallest absolute Gasteiger partial charge is 0.264 e. The van der Waals surface area contributed by atoms with Crippen LogP contribution < -0.4 is 15.5 Å². The van der Waals surface area contributed by atoms with Gasteiger partial charge in [0.15, 0.2) is 0 Å². The number of rotatable bonds is 3. The second-order valence-electron chi connectivity index (χ2n) is 8.74. The molecule has 7 nitrogen and oxygen atoms in total. The van der Waals surface area contributed by atoms with E-state index in [0.717, 1.165) is 31.7 Å². The molecule has 4 rings (SSSR count). The van der Waals surface area contributed by atoms with Crippen LogP contribution >= 0.6 is 0 Å². The Morgan fingerprint density at radius 2 is 1.86 bits per heavy atom. The number of hydrogen-bond acceptors (Lipinski definition) is 5. The molecular formula is C22H30N4O3. The molecule has 0 aliphatic carbocycles. The lowest BCUT2D eigenvalue weighted by atomic mass is 9.72. The molecule has 3 heterocycles. The molecule has 0 spiro atoms. The minimum atomic E-state index is -0.661. The summed E-state index contributed by atoms with van der Waals surface area (Å²) in [6, 6.07) is 7.51. The first-order valence-electron chi connectivity index (χ1n) is 10.5. The third-order valence-corrected chi connectivity index (χ3v) is 6.55. The number of hydrogen-bond donors (Lipinski definition) is 3. The van der Waals surface area contributed by atoms with Gasteiger partial charge in [-0.3, -0.25) is 9.59 Å². The molecule has 0 radical (unpaired) electrons. The minimum absolute atomic E-state index is 0.111. The van der Waals surface area contributed by atoms with Gasteiger partial charge in [0.1, 0.15) is 11.3 Å². The number of piperidine rings is 2. The first-order valence-corrected chi connectivity index (χ1v) is 10.5. The fraction of sp³-hybridized carbons (Fsp3) is 0.545. The molecule has 0 unspecified atom stereocenters. The number of nitrogens with zero attached hydrogens (tertiary/aromatic N) is 2. The normalized spacial score (nSPS) is 28.0. The Kier molecular flexibility index (Phi) is 5.25. The van der Waals surface area contributed by atoms with Crippen LogP contribution in [0.1, 0.15) is 32.6 Å². The van der Waals surface area contributed by atoms with Crippen molar-refractivity contribution in [3.8, 4) is 0 Å². The predicted octanol–water partition coefficient (Wildman–Crippen LogP) is 2.27. The molecule has 2 saturated heterocycles. The molecule has 0 saturated carbocycles. The molecular weight excluding hydrogens is 368 g/mol. The molecule has 1 aromatic carbocycles. The highest BCUT2D eigenvalue weighted by molar-refractivity contribution is 6.23. The maximum Gasteiger partial charge on any atom is 0.264 e. The maximum absolute atomic E-state index is 12.9. The summed E-state index contributed by atoms with van der Waals surface area (Å²) in [4.78, 5) is 29.9. The fourth-order valence-corrected chi connectivity index (χ4v) is 4.82. The summed E-state index contributed by atoms with van der Waals surface area (Å²) in [6.07, 6.45) is 4.43. The van der Waals surface area contributed by atoms with Crippen LogP contribution in [-0.2, 0) is 9.59 Å². The Morgan fingerprint density at radius 1 is 1.17 bits per heavy atom. The van der Waals surface area contributed by atoms with E-state index in [1.165, 1.54) is 19.3 Å². The van der Waals surface area contributed by atoms with Gasteiger partial charge in [-0.15, -0.1) is 0 Å². The van der Waals surface area contributed by atoms with E-state index >= 15 is 0 Å². The maximum atomic E-state index is 12.9. The monoisotopic (exact) mass is 398 g/mol. The van der Waals surface area contributed by atoms with E-state index < -0.39 is 17.2 Å². The summed E-state index contributed by atoms with van der Waals surface area (Å²) in [6.45, 7) is 5.45. The number of aliphatic hydroxyl groups excluding tert-OH is 1. The van der Waals surface area contributed by atoms with Crippen molar-refractivity contribution in [2.45, 2.75) is 38.6 Å². The Hall–Kier alpha value is -2.54. The zero-order valence-electron chi connectivity index (χ0n) is 17.2. The average molecular weight is 399 g/mol. The fourth-order valence-electron chi connectivity index (χ4n) is 4.82. The molecule has 0 aromatic heterocycles. The lowest BCUT2D eigenvalue weighted by molar-refractivity contribution is -0.125. The van der Waals surface area contributed by atoms with Crippen molar-refractivity contribution in [2.24, 2.45) is 5.41 Å².